The molecular weight excluding hydrogens is 294 g/mol. The summed E-state index contributed by atoms with van der Waals surface area (Å²) in [6.07, 6.45) is 0.813. The summed E-state index contributed by atoms with van der Waals surface area (Å²) >= 11 is 0. The molecule has 0 aliphatic rings. The Morgan fingerprint density at radius 1 is 1.22 bits per heavy atom. The van der Waals surface area contributed by atoms with Gasteiger partial charge in [-0.3, -0.25) is 4.79 Å². The molecular formula is C16H23N5O2. The van der Waals surface area contributed by atoms with E-state index < -0.39 is 0 Å². The van der Waals surface area contributed by atoms with E-state index in [1.54, 1.807) is 4.68 Å². The fourth-order valence-corrected chi connectivity index (χ4v) is 2.46. The maximum absolute atomic E-state index is 12.0. The first-order chi connectivity index (χ1) is 10.9. The van der Waals surface area contributed by atoms with Gasteiger partial charge >= 0.3 is 0 Å². The Balaban J connectivity index is 2.24. The first-order valence-corrected chi connectivity index (χ1v) is 7.67. The van der Waals surface area contributed by atoms with Gasteiger partial charge in [-0.1, -0.05) is 0 Å². The van der Waals surface area contributed by atoms with Gasteiger partial charge in [-0.2, -0.15) is 5.10 Å². The van der Waals surface area contributed by atoms with Crippen molar-refractivity contribution in [3.8, 4) is 5.95 Å². The largest absolute Gasteiger partial charge is 0.396 e. The molecule has 2 N–H and O–H groups in total. The van der Waals surface area contributed by atoms with Crippen molar-refractivity contribution in [3.05, 3.63) is 34.4 Å². The molecule has 0 unspecified atom stereocenters. The molecule has 7 nitrogen and oxygen atoms in total. The molecule has 0 saturated heterocycles. The average Bonchev–Trinajstić information content (AvgIpc) is 2.75. The van der Waals surface area contributed by atoms with Gasteiger partial charge in [-0.25, -0.2) is 14.6 Å². The molecule has 0 bridgehead atoms. The second kappa shape index (κ2) is 7.32. The van der Waals surface area contributed by atoms with Crippen LogP contribution in [0.5, 0.6) is 0 Å². The molecule has 2 aromatic rings. The van der Waals surface area contributed by atoms with Gasteiger partial charge < -0.3 is 10.4 Å². The molecule has 0 aliphatic heterocycles. The molecule has 0 aliphatic carbocycles. The van der Waals surface area contributed by atoms with Crippen LogP contribution in [0.15, 0.2) is 6.07 Å². The van der Waals surface area contributed by atoms with Crippen LogP contribution >= 0.6 is 0 Å². The second-order valence-electron chi connectivity index (χ2n) is 5.62. The Labute approximate surface area is 135 Å². The normalized spacial score (nSPS) is 10.8. The summed E-state index contributed by atoms with van der Waals surface area (Å²) in [6, 6.07) is 1.91. The van der Waals surface area contributed by atoms with E-state index in [2.05, 4.69) is 20.4 Å². The minimum absolute atomic E-state index is 0.0698. The minimum atomic E-state index is -0.0782. The van der Waals surface area contributed by atoms with E-state index in [-0.39, 0.29) is 18.9 Å². The van der Waals surface area contributed by atoms with Crippen LogP contribution in [-0.4, -0.2) is 43.9 Å². The van der Waals surface area contributed by atoms with Crippen molar-refractivity contribution in [2.75, 3.05) is 13.2 Å². The molecule has 2 rings (SSSR count). The Bertz CT molecular complexity index is 688. The van der Waals surface area contributed by atoms with Gasteiger partial charge in [-0.15, -0.1) is 0 Å². The maximum atomic E-state index is 12.0. The van der Waals surface area contributed by atoms with E-state index in [4.69, 9.17) is 5.11 Å². The number of hydrogen-bond donors (Lipinski definition) is 2. The number of aromatic nitrogens is 4. The quantitative estimate of drug-likeness (QED) is 0.773. The maximum Gasteiger partial charge on any atom is 0.251 e. The molecule has 2 aromatic heterocycles. The van der Waals surface area contributed by atoms with E-state index in [0.717, 1.165) is 28.3 Å². The Kier molecular flexibility index (Phi) is 5.44. The Morgan fingerprint density at radius 2 is 1.87 bits per heavy atom. The van der Waals surface area contributed by atoms with Crippen LogP contribution < -0.4 is 5.32 Å². The van der Waals surface area contributed by atoms with Crippen molar-refractivity contribution in [2.45, 2.75) is 40.5 Å². The third kappa shape index (κ3) is 4.13. The zero-order chi connectivity index (χ0) is 17.0. The number of aryl methyl sites for hydroxylation is 3. The van der Waals surface area contributed by atoms with Gasteiger partial charge in [0.05, 0.1) is 12.1 Å². The zero-order valence-electron chi connectivity index (χ0n) is 14.1. The molecule has 2 heterocycles. The van der Waals surface area contributed by atoms with Gasteiger partial charge in [0.15, 0.2) is 0 Å². The van der Waals surface area contributed by atoms with Crippen molar-refractivity contribution >= 4 is 5.91 Å². The lowest BCUT2D eigenvalue weighted by Crippen LogP contribution is -2.27. The van der Waals surface area contributed by atoms with E-state index >= 15 is 0 Å². The lowest BCUT2D eigenvalue weighted by molar-refractivity contribution is -0.120. The molecule has 23 heavy (non-hydrogen) atoms. The Morgan fingerprint density at radius 3 is 2.48 bits per heavy atom. The number of aliphatic hydroxyl groups excluding tert-OH is 1. The van der Waals surface area contributed by atoms with Gasteiger partial charge in [0.25, 0.3) is 5.95 Å². The number of carbonyl (C=O) groups is 1. The van der Waals surface area contributed by atoms with Crippen molar-refractivity contribution in [2.24, 2.45) is 0 Å². The summed E-state index contributed by atoms with van der Waals surface area (Å²) in [5.74, 6) is 0.445. The third-order valence-corrected chi connectivity index (χ3v) is 3.60. The smallest absolute Gasteiger partial charge is 0.251 e. The summed E-state index contributed by atoms with van der Waals surface area (Å²) < 4.78 is 1.69. The van der Waals surface area contributed by atoms with Crippen molar-refractivity contribution in [1.82, 2.24) is 25.1 Å². The number of amides is 1. The van der Waals surface area contributed by atoms with Crippen LogP contribution in [0.25, 0.3) is 5.95 Å². The van der Waals surface area contributed by atoms with Gasteiger partial charge in [0, 0.05) is 35.8 Å². The highest BCUT2D eigenvalue weighted by Crippen LogP contribution is 2.17. The van der Waals surface area contributed by atoms with Crippen LogP contribution in [0.4, 0.5) is 0 Å². The van der Waals surface area contributed by atoms with Gasteiger partial charge in [0.1, 0.15) is 0 Å². The molecule has 1 amide bonds. The molecule has 0 saturated carbocycles. The molecule has 0 aromatic carbocycles. The number of nitrogens with one attached hydrogen (secondary N) is 1. The first-order valence-electron chi connectivity index (χ1n) is 7.67. The molecule has 0 radical (unpaired) electrons. The lowest BCUT2D eigenvalue weighted by Gasteiger charge is -2.06. The number of hydrogen-bond acceptors (Lipinski definition) is 5. The molecule has 0 spiro atoms. The topological polar surface area (TPSA) is 92.9 Å². The molecule has 0 atom stereocenters. The highest BCUT2D eigenvalue weighted by Gasteiger charge is 2.17. The van der Waals surface area contributed by atoms with E-state index in [9.17, 15) is 4.79 Å². The fourth-order valence-electron chi connectivity index (χ4n) is 2.46. The summed E-state index contributed by atoms with van der Waals surface area (Å²) in [4.78, 5) is 20.8. The zero-order valence-corrected chi connectivity index (χ0v) is 14.1. The SMILES string of the molecule is Cc1cc(C)nc(-n2nc(C)c(CC(=O)NCCCO)c2C)n1. The number of nitrogens with zero attached hydrogens (tertiary/aromatic N) is 4. The van der Waals surface area contributed by atoms with Crippen LogP contribution in [0.3, 0.4) is 0 Å². The first kappa shape index (κ1) is 17.1. The molecule has 7 heteroatoms. The van der Waals surface area contributed by atoms with Crippen molar-refractivity contribution in [1.29, 1.82) is 0 Å². The average molecular weight is 317 g/mol. The van der Waals surface area contributed by atoms with Gasteiger partial charge in [0.2, 0.25) is 5.91 Å². The molecule has 124 valence electrons. The minimum Gasteiger partial charge on any atom is -0.396 e. The predicted octanol–water partition coefficient (Wildman–Crippen LogP) is 0.937. The summed E-state index contributed by atoms with van der Waals surface area (Å²) in [5, 5.41) is 16.0. The van der Waals surface area contributed by atoms with E-state index in [0.29, 0.717) is 18.9 Å². The molecule has 0 fully saturated rings. The second-order valence-corrected chi connectivity index (χ2v) is 5.62. The van der Waals surface area contributed by atoms with Crippen LogP contribution in [-0.2, 0) is 11.2 Å². The standard InChI is InChI=1S/C16H23N5O2/c1-10-8-11(2)19-16(18-10)21-13(4)14(12(3)20-21)9-15(23)17-6-5-7-22/h8,22H,5-7,9H2,1-4H3,(H,17,23). The van der Waals surface area contributed by atoms with Crippen LogP contribution in [0.1, 0.15) is 34.8 Å². The predicted molar refractivity (Wildman–Crippen MR) is 86.5 cm³/mol. The van der Waals surface area contributed by atoms with Crippen LogP contribution in [0, 0.1) is 27.7 Å². The fraction of sp³-hybridized carbons (Fsp3) is 0.500. The van der Waals surface area contributed by atoms with Crippen molar-refractivity contribution < 1.29 is 9.90 Å². The van der Waals surface area contributed by atoms with Gasteiger partial charge in [-0.05, 0) is 40.2 Å². The lowest BCUT2D eigenvalue weighted by atomic mass is 10.1. The highest BCUT2D eigenvalue weighted by molar-refractivity contribution is 5.79. The monoisotopic (exact) mass is 317 g/mol. The summed E-state index contributed by atoms with van der Waals surface area (Å²) in [5.41, 5.74) is 4.30. The highest BCUT2D eigenvalue weighted by atomic mass is 16.3. The number of aliphatic hydroxyl groups is 1. The summed E-state index contributed by atoms with van der Waals surface area (Å²) in [6.45, 7) is 8.17. The third-order valence-electron chi connectivity index (χ3n) is 3.60. The Hall–Kier alpha value is -2.28. The van der Waals surface area contributed by atoms with E-state index in [1.165, 1.54) is 0 Å². The van der Waals surface area contributed by atoms with Crippen molar-refractivity contribution in [3.63, 3.8) is 0 Å². The summed E-state index contributed by atoms with van der Waals surface area (Å²) in [7, 11) is 0. The van der Waals surface area contributed by atoms with Crippen LogP contribution in [0.2, 0.25) is 0 Å². The number of carbonyl (C=O) groups excluding carboxylic acids is 1. The van der Waals surface area contributed by atoms with E-state index in [1.807, 2.05) is 33.8 Å². The number of rotatable bonds is 6.